The largest absolute Gasteiger partial charge is 0.478 e. The van der Waals surface area contributed by atoms with Crippen LogP contribution in [0, 0.1) is 0 Å². The number of esters is 1. The van der Waals surface area contributed by atoms with E-state index < -0.39 is 18.0 Å². The normalized spacial score (nSPS) is 11.9. The highest BCUT2D eigenvalue weighted by molar-refractivity contribution is 5.87. The van der Waals surface area contributed by atoms with E-state index in [1.54, 1.807) is 6.92 Å². The van der Waals surface area contributed by atoms with E-state index in [1.807, 2.05) is 0 Å². The summed E-state index contributed by atoms with van der Waals surface area (Å²) in [6.45, 7) is 1.56. The van der Waals surface area contributed by atoms with Gasteiger partial charge in [0, 0.05) is 7.11 Å². The van der Waals surface area contributed by atoms with Gasteiger partial charge in [0.1, 0.15) is 5.75 Å². The minimum Gasteiger partial charge on any atom is -0.478 e. The smallest absolute Gasteiger partial charge is 0.340 e. The molecule has 0 aromatic heterocycles. The molecule has 0 radical (unpaired) electrons. The van der Waals surface area contributed by atoms with Gasteiger partial charge in [-0.25, -0.2) is 9.59 Å². The van der Waals surface area contributed by atoms with Crippen LogP contribution in [0.1, 0.15) is 17.3 Å². The van der Waals surface area contributed by atoms with Crippen molar-refractivity contribution >= 4 is 11.9 Å². The first-order chi connectivity index (χ1) is 7.54. The van der Waals surface area contributed by atoms with Gasteiger partial charge in [-0.2, -0.15) is 0 Å². The number of hydrogen-bond acceptors (Lipinski definition) is 4. The number of ether oxygens (including phenoxy) is 2. The van der Waals surface area contributed by atoms with E-state index in [9.17, 15) is 9.59 Å². The number of carbonyl (C=O) groups excluding carboxylic acids is 1. The van der Waals surface area contributed by atoms with Crippen molar-refractivity contribution in [1.29, 1.82) is 0 Å². The molecule has 0 spiro atoms. The second-order valence-corrected chi connectivity index (χ2v) is 3.13. The number of carboxylic acid groups (broad SMARTS) is 1. The molecule has 0 aliphatic rings. The van der Waals surface area contributed by atoms with Gasteiger partial charge in [-0.05, 0) is 31.2 Å². The molecule has 1 atom stereocenters. The number of rotatable bonds is 4. The third kappa shape index (κ3) is 3.06. The first kappa shape index (κ1) is 12.2. The molecule has 0 heterocycles. The van der Waals surface area contributed by atoms with Gasteiger partial charge in [-0.15, -0.1) is 0 Å². The number of hydrogen-bond donors (Lipinski definition) is 1. The predicted octanol–water partition coefficient (Wildman–Crippen LogP) is 1.33. The van der Waals surface area contributed by atoms with Crippen molar-refractivity contribution in [3.63, 3.8) is 0 Å². The molecule has 0 aliphatic carbocycles. The summed E-state index contributed by atoms with van der Waals surface area (Å²) in [5.74, 6) is -1.26. The van der Waals surface area contributed by atoms with Crippen LogP contribution in [0.15, 0.2) is 24.3 Å². The molecule has 0 aliphatic heterocycles. The summed E-state index contributed by atoms with van der Waals surface area (Å²) in [7, 11) is 1.40. The van der Waals surface area contributed by atoms with Crippen LogP contribution in [0.2, 0.25) is 0 Å². The fraction of sp³-hybridized carbons (Fsp3) is 0.273. The number of methoxy groups -OCH3 is 1. The van der Waals surface area contributed by atoms with Gasteiger partial charge in [0.2, 0.25) is 0 Å². The van der Waals surface area contributed by atoms with Crippen LogP contribution in [-0.4, -0.2) is 30.3 Å². The van der Waals surface area contributed by atoms with Crippen LogP contribution in [0.5, 0.6) is 5.75 Å². The highest BCUT2D eigenvalue weighted by atomic mass is 16.6. The van der Waals surface area contributed by atoms with Crippen molar-refractivity contribution in [2.75, 3.05) is 7.11 Å². The monoisotopic (exact) mass is 224 g/mol. The Kier molecular flexibility index (Phi) is 4.02. The van der Waals surface area contributed by atoms with Gasteiger partial charge < -0.3 is 14.6 Å². The van der Waals surface area contributed by atoms with Crippen molar-refractivity contribution in [3.8, 4) is 5.75 Å². The maximum atomic E-state index is 11.3. The van der Waals surface area contributed by atoms with Gasteiger partial charge in [-0.1, -0.05) is 0 Å². The summed E-state index contributed by atoms with van der Waals surface area (Å²) in [5, 5.41) is 8.66. The van der Waals surface area contributed by atoms with E-state index in [4.69, 9.17) is 14.6 Å². The number of aromatic carboxylic acids is 1. The van der Waals surface area contributed by atoms with Crippen molar-refractivity contribution in [2.45, 2.75) is 13.0 Å². The van der Waals surface area contributed by atoms with Crippen LogP contribution in [0.3, 0.4) is 0 Å². The molecular weight excluding hydrogens is 212 g/mol. The van der Waals surface area contributed by atoms with Gasteiger partial charge in [0.05, 0.1) is 5.56 Å². The zero-order chi connectivity index (χ0) is 12.1. The summed E-state index contributed by atoms with van der Waals surface area (Å²) >= 11 is 0. The number of carbonyl (C=O) groups is 2. The lowest BCUT2D eigenvalue weighted by Gasteiger charge is -2.09. The molecule has 5 nitrogen and oxygen atoms in total. The molecule has 16 heavy (non-hydrogen) atoms. The van der Waals surface area contributed by atoms with Crippen LogP contribution in [0.4, 0.5) is 0 Å². The molecule has 1 N–H and O–H groups in total. The lowest BCUT2D eigenvalue weighted by molar-refractivity contribution is -0.144. The third-order valence-electron chi connectivity index (χ3n) is 2.01. The Hall–Kier alpha value is -1.88. The van der Waals surface area contributed by atoms with E-state index in [-0.39, 0.29) is 5.56 Å². The topological polar surface area (TPSA) is 72.8 Å². The Morgan fingerprint density at radius 2 is 1.81 bits per heavy atom. The minimum atomic E-state index is -1.02. The predicted molar refractivity (Wildman–Crippen MR) is 55.5 cm³/mol. The molecule has 0 amide bonds. The van der Waals surface area contributed by atoms with Gasteiger partial charge in [0.25, 0.3) is 0 Å². The molecule has 86 valence electrons. The lowest BCUT2D eigenvalue weighted by Crippen LogP contribution is -2.24. The zero-order valence-corrected chi connectivity index (χ0v) is 8.97. The Labute approximate surface area is 92.6 Å². The lowest BCUT2D eigenvalue weighted by atomic mass is 10.2. The maximum absolute atomic E-state index is 11.3. The van der Waals surface area contributed by atoms with E-state index >= 15 is 0 Å². The Morgan fingerprint density at radius 1 is 1.25 bits per heavy atom. The quantitative estimate of drug-likeness (QED) is 0.616. The standard InChI is InChI=1S/C11H12O5/c1-7(15-2)11(14)16-9-5-3-8(4-6-9)10(12)13/h3-7H,1-2H3,(H,12,13). The molecule has 0 bridgehead atoms. The van der Waals surface area contributed by atoms with E-state index in [0.29, 0.717) is 5.75 Å². The summed E-state index contributed by atoms with van der Waals surface area (Å²) in [6.07, 6.45) is -0.654. The van der Waals surface area contributed by atoms with Crippen molar-refractivity contribution in [2.24, 2.45) is 0 Å². The molecule has 0 saturated carbocycles. The second kappa shape index (κ2) is 5.27. The van der Waals surface area contributed by atoms with Crippen LogP contribution in [0.25, 0.3) is 0 Å². The van der Waals surface area contributed by atoms with Crippen LogP contribution in [-0.2, 0) is 9.53 Å². The van der Waals surface area contributed by atoms with E-state index in [1.165, 1.54) is 31.4 Å². The summed E-state index contributed by atoms with van der Waals surface area (Å²) < 4.78 is 9.72. The van der Waals surface area contributed by atoms with Crippen molar-refractivity contribution < 1.29 is 24.2 Å². The fourth-order valence-electron chi connectivity index (χ4n) is 0.961. The minimum absolute atomic E-state index is 0.139. The van der Waals surface area contributed by atoms with Crippen LogP contribution >= 0.6 is 0 Å². The zero-order valence-electron chi connectivity index (χ0n) is 8.97. The molecule has 1 unspecified atom stereocenters. The SMILES string of the molecule is COC(C)C(=O)Oc1ccc(C(=O)O)cc1. The Balaban J connectivity index is 2.69. The third-order valence-corrected chi connectivity index (χ3v) is 2.01. The summed E-state index contributed by atoms with van der Waals surface area (Å²) in [5.41, 5.74) is 0.139. The highest BCUT2D eigenvalue weighted by Gasteiger charge is 2.14. The van der Waals surface area contributed by atoms with Gasteiger partial charge >= 0.3 is 11.9 Å². The molecule has 0 saturated heterocycles. The first-order valence-corrected chi connectivity index (χ1v) is 4.62. The molecule has 1 aromatic rings. The van der Waals surface area contributed by atoms with Crippen molar-refractivity contribution in [1.82, 2.24) is 0 Å². The number of carboxylic acids is 1. The first-order valence-electron chi connectivity index (χ1n) is 4.62. The maximum Gasteiger partial charge on any atom is 0.340 e. The fourth-order valence-corrected chi connectivity index (χ4v) is 0.961. The van der Waals surface area contributed by atoms with Crippen LogP contribution < -0.4 is 4.74 Å². The molecule has 5 heteroatoms. The average molecular weight is 224 g/mol. The summed E-state index contributed by atoms with van der Waals surface area (Å²) in [6, 6.07) is 5.57. The molecule has 1 rings (SSSR count). The summed E-state index contributed by atoms with van der Waals surface area (Å²) in [4.78, 5) is 21.9. The van der Waals surface area contributed by atoms with E-state index in [0.717, 1.165) is 0 Å². The van der Waals surface area contributed by atoms with Gasteiger partial charge in [0.15, 0.2) is 6.10 Å². The average Bonchev–Trinajstić information content (AvgIpc) is 2.28. The molecular formula is C11H12O5. The van der Waals surface area contributed by atoms with E-state index in [2.05, 4.69) is 0 Å². The number of benzene rings is 1. The van der Waals surface area contributed by atoms with Crippen molar-refractivity contribution in [3.05, 3.63) is 29.8 Å². The Morgan fingerprint density at radius 3 is 2.25 bits per heavy atom. The Bertz CT molecular complexity index is 382. The van der Waals surface area contributed by atoms with Gasteiger partial charge in [-0.3, -0.25) is 0 Å². The second-order valence-electron chi connectivity index (χ2n) is 3.13. The molecule has 1 aromatic carbocycles. The highest BCUT2D eigenvalue weighted by Crippen LogP contribution is 2.13. The molecule has 0 fully saturated rings.